The van der Waals surface area contributed by atoms with Gasteiger partial charge in [0.15, 0.2) is 12.1 Å². The Morgan fingerprint density at radius 3 is 2.67 bits per heavy atom. The van der Waals surface area contributed by atoms with Gasteiger partial charge < -0.3 is 40.0 Å². The largest absolute Gasteiger partial charge is 0.394 e. The van der Waals surface area contributed by atoms with E-state index in [1.807, 2.05) is 0 Å². The molecule has 9 nitrogen and oxygen atoms in total. The van der Waals surface area contributed by atoms with Crippen molar-refractivity contribution in [3.63, 3.8) is 0 Å². The maximum absolute atomic E-state index is 14.5. The molecule has 1 spiro atoms. The number of hydrogen-bond acceptors (Lipinski definition) is 9. The third-order valence-electron chi connectivity index (χ3n) is 12.8. The van der Waals surface area contributed by atoms with Gasteiger partial charge in [-0.2, -0.15) is 0 Å². The minimum atomic E-state index is -1.46. The second-order valence-electron chi connectivity index (χ2n) is 14.9. The Hall–Kier alpha value is -1.17. The SMILES string of the molecule is CC1=C2C(=O)[C@H]3C(CC=C4C[C@@H](OC5O[C@H](CO)[C@@H](O)[C@H](O)[C@H]5O)CC[C@@]43C)[C@@H]2CC[C@]12OC1C[C@H](C)CN[C@H]1[C@H]2C. The second-order valence-corrected chi connectivity index (χ2v) is 14.9. The summed E-state index contributed by atoms with van der Waals surface area (Å²) in [6, 6.07) is 0.344. The van der Waals surface area contributed by atoms with E-state index in [9.17, 15) is 25.2 Å². The molecule has 3 aliphatic heterocycles. The fourth-order valence-electron chi connectivity index (χ4n) is 10.4. The number of piperidine rings is 1. The van der Waals surface area contributed by atoms with E-state index in [-0.39, 0.29) is 35.1 Å². The molecule has 0 aromatic heterocycles. The zero-order chi connectivity index (χ0) is 29.7. The molecule has 42 heavy (non-hydrogen) atoms. The lowest BCUT2D eigenvalue weighted by Gasteiger charge is -2.49. The summed E-state index contributed by atoms with van der Waals surface area (Å²) >= 11 is 0. The van der Waals surface area contributed by atoms with Crippen LogP contribution < -0.4 is 5.32 Å². The highest BCUT2D eigenvalue weighted by Crippen LogP contribution is 2.64. The van der Waals surface area contributed by atoms with Crippen LogP contribution in [-0.4, -0.2) is 93.9 Å². The number of Topliss-reactive ketones (excluding diaryl/α,β-unsaturated/α-hetero) is 1. The quantitative estimate of drug-likeness (QED) is 0.314. The Balaban J connectivity index is 1.11. The zero-order valence-electron chi connectivity index (χ0n) is 25.4. The highest BCUT2D eigenvalue weighted by Gasteiger charge is 2.63. The van der Waals surface area contributed by atoms with E-state index in [0.717, 1.165) is 44.2 Å². The van der Waals surface area contributed by atoms with Crippen LogP contribution in [0.2, 0.25) is 0 Å². The van der Waals surface area contributed by atoms with Gasteiger partial charge in [-0.1, -0.05) is 32.4 Å². The van der Waals surface area contributed by atoms with Crippen LogP contribution in [0.3, 0.4) is 0 Å². The maximum atomic E-state index is 14.5. The number of hydrogen-bond donors (Lipinski definition) is 5. The normalized spacial score (nSPS) is 53.9. The molecule has 7 rings (SSSR count). The van der Waals surface area contributed by atoms with Crippen LogP contribution in [0.5, 0.6) is 0 Å². The molecular formula is C33H49NO8. The summed E-state index contributed by atoms with van der Waals surface area (Å²) in [4.78, 5) is 14.5. The van der Waals surface area contributed by atoms with E-state index in [1.165, 1.54) is 11.1 Å². The summed E-state index contributed by atoms with van der Waals surface area (Å²) in [5.74, 6) is 1.81. The molecule has 0 radical (unpaired) electrons. The van der Waals surface area contributed by atoms with Gasteiger partial charge in [0.25, 0.3) is 0 Å². The minimum Gasteiger partial charge on any atom is -0.394 e. The molecule has 5 fully saturated rings. The predicted octanol–water partition coefficient (Wildman–Crippen LogP) is 2.01. The Morgan fingerprint density at radius 2 is 1.90 bits per heavy atom. The topological polar surface area (TPSA) is 138 Å². The van der Waals surface area contributed by atoms with Gasteiger partial charge >= 0.3 is 0 Å². The van der Waals surface area contributed by atoms with Gasteiger partial charge in [-0.3, -0.25) is 4.79 Å². The first-order valence-electron chi connectivity index (χ1n) is 16.3. The molecule has 15 atom stereocenters. The summed E-state index contributed by atoms with van der Waals surface area (Å²) in [7, 11) is 0. The van der Waals surface area contributed by atoms with Crippen molar-refractivity contribution in [2.75, 3.05) is 13.2 Å². The number of carbonyl (C=O) groups excluding carboxylic acids is 1. The predicted molar refractivity (Wildman–Crippen MR) is 153 cm³/mol. The number of aliphatic hydroxyl groups is 4. The van der Waals surface area contributed by atoms with Gasteiger partial charge in [0.2, 0.25) is 0 Å². The Labute approximate surface area is 248 Å². The van der Waals surface area contributed by atoms with Crippen LogP contribution in [0, 0.1) is 35.0 Å². The van der Waals surface area contributed by atoms with Gasteiger partial charge in [0.05, 0.1) is 24.4 Å². The molecule has 2 saturated carbocycles. The van der Waals surface area contributed by atoms with E-state index in [1.54, 1.807) is 0 Å². The molecule has 0 bridgehead atoms. The van der Waals surface area contributed by atoms with Gasteiger partial charge in [-0.25, -0.2) is 0 Å². The first-order valence-corrected chi connectivity index (χ1v) is 16.3. The van der Waals surface area contributed by atoms with E-state index < -0.39 is 37.3 Å². The van der Waals surface area contributed by atoms with Crippen molar-refractivity contribution in [1.29, 1.82) is 0 Å². The molecule has 4 aliphatic carbocycles. The van der Waals surface area contributed by atoms with Gasteiger partial charge in [0.1, 0.15) is 24.4 Å². The van der Waals surface area contributed by atoms with E-state index in [4.69, 9.17) is 14.2 Å². The second kappa shape index (κ2) is 10.4. The average Bonchev–Trinajstić information content (AvgIpc) is 3.42. The molecule has 7 aliphatic rings. The molecular weight excluding hydrogens is 538 g/mol. The van der Waals surface area contributed by atoms with Crippen LogP contribution >= 0.6 is 0 Å². The van der Waals surface area contributed by atoms with E-state index in [0.29, 0.717) is 42.4 Å². The molecule has 5 N–H and O–H groups in total. The molecule has 0 amide bonds. The number of ether oxygens (including phenoxy) is 3. The Kier molecular flexibility index (Phi) is 7.34. The Morgan fingerprint density at radius 1 is 1.12 bits per heavy atom. The van der Waals surface area contributed by atoms with Crippen molar-refractivity contribution in [2.45, 2.75) is 127 Å². The number of nitrogens with one attached hydrogen (secondary N) is 1. The monoisotopic (exact) mass is 587 g/mol. The lowest BCUT2D eigenvalue weighted by molar-refractivity contribution is -0.312. The highest BCUT2D eigenvalue weighted by atomic mass is 16.7. The van der Waals surface area contributed by atoms with Crippen LogP contribution in [0.4, 0.5) is 0 Å². The van der Waals surface area contributed by atoms with Crippen molar-refractivity contribution >= 4 is 5.78 Å². The molecule has 3 heterocycles. The summed E-state index contributed by atoms with van der Waals surface area (Å²) < 4.78 is 18.8. The van der Waals surface area contributed by atoms with Crippen molar-refractivity contribution in [3.05, 3.63) is 22.8 Å². The fraction of sp³-hybridized carbons (Fsp3) is 0.848. The summed E-state index contributed by atoms with van der Waals surface area (Å²) in [5, 5.41) is 44.2. The molecule has 234 valence electrons. The molecule has 3 unspecified atom stereocenters. The summed E-state index contributed by atoms with van der Waals surface area (Å²) in [6.07, 6.45) is 1.93. The number of allylic oxidation sites excluding steroid dienone is 2. The third kappa shape index (κ3) is 4.14. The van der Waals surface area contributed by atoms with Crippen LogP contribution in [0.1, 0.15) is 72.6 Å². The first kappa shape index (κ1) is 29.5. The molecule has 0 aromatic carbocycles. The highest BCUT2D eigenvalue weighted by molar-refractivity contribution is 6.02. The van der Waals surface area contributed by atoms with Crippen LogP contribution in [-0.2, 0) is 19.0 Å². The molecule has 0 aromatic rings. The van der Waals surface area contributed by atoms with Crippen LogP contribution in [0.15, 0.2) is 22.8 Å². The summed E-state index contributed by atoms with van der Waals surface area (Å²) in [5.41, 5.74) is 2.89. The number of carbonyl (C=O) groups is 1. The van der Waals surface area contributed by atoms with Crippen LogP contribution in [0.25, 0.3) is 0 Å². The van der Waals surface area contributed by atoms with Crippen molar-refractivity contribution in [3.8, 4) is 0 Å². The minimum absolute atomic E-state index is 0.0482. The molecule has 9 heteroatoms. The van der Waals surface area contributed by atoms with Crippen molar-refractivity contribution in [2.24, 2.45) is 35.0 Å². The van der Waals surface area contributed by atoms with Gasteiger partial charge in [-0.05, 0) is 87.2 Å². The lowest BCUT2D eigenvalue weighted by atomic mass is 9.56. The van der Waals surface area contributed by atoms with Gasteiger partial charge in [0, 0.05) is 23.5 Å². The third-order valence-corrected chi connectivity index (χ3v) is 12.8. The first-order chi connectivity index (χ1) is 20.0. The number of aliphatic hydroxyl groups excluding tert-OH is 4. The van der Waals surface area contributed by atoms with Crippen molar-refractivity contribution < 1.29 is 39.4 Å². The maximum Gasteiger partial charge on any atom is 0.186 e. The van der Waals surface area contributed by atoms with E-state index >= 15 is 0 Å². The smallest absolute Gasteiger partial charge is 0.186 e. The fourth-order valence-corrected chi connectivity index (χ4v) is 10.4. The Bertz CT molecular complexity index is 1170. The standard InChI is InChI=1S/C33H49NO8/c1-15-11-22-26(34-13-15)17(3)33(42-22)10-8-20-21-6-5-18-12-19(40-31-30(39)29(38)27(36)23(14-35)41-31)7-9-32(18,4)25(21)28(37)24(20)16(33)2/h5,15,17,19-23,25-27,29-31,34-36,38-39H,6-14H2,1-4H3/t15-,17+,19-,20-,21?,22?,23+,25+,26-,27+,29-,30+,31?,32-,33-/m0/s1. The lowest BCUT2D eigenvalue weighted by Crippen LogP contribution is -2.60. The number of ketones is 1. The summed E-state index contributed by atoms with van der Waals surface area (Å²) in [6.45, 7) is 9.60. The zero-order valence-corrected chi connectivity index (χ0v) is 25.4. The average molecular weight is 588 g/mol. The van der Waals surface area contributed by atoms with E-state index in [2.05, 4.69) is 39.1 Å². The van der Waals surface area contributed by atoms with Crippen molar-refractivity contribution in [1.82, 2.24) is 5.32 Å². The van der Waals surface area contributed by atoms with Gasteiger partial charge in [-0.15, -0.1) is 0 Å². The number of rotatable bonds is 3. The molecule has 3 saturated heterocycles. The number of fused-ring (bicyclic) bond motifs is 6.